The molecule has 0 N–H and O–H groups in total. The molecule has 0 radical (unpaired) electrons. The minimum Gasteiger partial charge on any atom is -0.0779 e. The molecule has 0 saturated carbocycles. The van der Waals surface area contributed by atoms with Gasteiger partial charge in [0.1, 0.15) is 0 Å². The number of hydrogen-bond donors (Lipinski definition) is 0. The summed E-state index contributed by atoms with van der Waals surface area (Å²) in [6, 6.07) is 0. The Bertz CT molecular complexity index is 107. The summed E-state index contributed by atoms with van der Waals surface area (Å²) < 4.78 is 1.59. The third kappa shape index (κ3) is 4.25. The van der Waals surface area contributed by atoms with Crippen LogP contribution in [0.2, 0.25) is 0 Å². The Morgan fingerprint density at radius 2 is 1.64 bits per heavy atom. The summed E-state index contributed by atoms with van der Waals surface area (Å²) in [4.78, 5) is 0. The van der Waals surface area contributed by atoms with Gasteiger partial charge in [-0.05, 0) is 19.3 Å². The summed E-state index contributed by atoms with van der Waals surface area (Å²) in [5.41, 5.74) is 0. The van der Waals surface area contributed by atoms with Gasteiger partial charge in [0, 0.05) is 0 Å². The van der Waals surface area contributed by atoms with E-state index in [0.717, 1.165) is 15.1 Å². The molecule has 11 heavy (non-hydrogen) atoms. The molecule has 1 saturated heterocycles. The van der Waals surface area contributed by atoms with Crippen LogP contribution >= 0.6 is 43.2 Å². The SMILES string of the molecule is CC(C)CC1SSC(C)SS1. The van der Waals surface area contributed by atoms with Crippen LogP contribution < -0.4 is 0 Å². The molecule has 0 atom stereocenters. The van der Waals surface area contributed by atoms with E-state index in [1.165, 1.54) is 6.42 Å². The minimum atomic E-state index is 0.772. The Morgan fingerprint density at radius 1 is 1.09 bits per heavy atom. The van der Waals surface area contributed by atoms with Crippen molar-refractivity contribution in [2.45, 2.75) is 36.4 Å². The Balaban J connectivity index is 2.17. The lowest BCUT2D eigenvalue weighted by atomic mass is 10.2. The lowest BCUT2D eigenvalue weighted by Gasteiger charge is -2.24. The Labute approximate surface area is 85.2 Å². The molecule has 1 aliphatic heterocycles. The van der Waals surface area contributed by atoms with Gasteiger partial charge in [0.15, 0.2) is 0 Å². The van der Waals surface area contributed by atoms with Crippen LogP contribution in [-0.4, -0.2) is 9.16 Å². The van der Waals surface area contributed by atoms with E-state index in [9.17, 15) is 0 Å². The van der Waals surface area contributed by atoms with Crippen molar-refractivity contribution in [1.82, 2.24) is 0 Å². The molecular formula is C7H14S4. The van der Waals surface area contributed by atoms with Gasteiger partial charge in [-0.2, -0.15) is 0 Å². The van der Waals surface area contributed by atoms with Gasteiger partial charge in [-0.25, -0.2) is 0 Å². The molecule has 0 aliphatic carbocycles. The Kier molecular flexibility index (Phi) is 4.95. The summed E-state index contributed by atoms with van der Waals surface area (Å²) in [5.74, 6) is 0.842. The molecule has 1 heterocycles. The zero-order chi connectivity index (χ0) is 8.27. The molecule has 1 rings (SSSR count). The molecule has 66 valence electrons. The van der Waals surface area contributed by atoms with Crippen LogP contribution in [-0.2, 0) is 0 Å². The van der Waals surface area contributed by atoms with Crippen LogP contribution in [0.1, 0.15) is 27.2 Å². The van der Waals surface area contributed by atoms with Crippen molar-refractivity contribution in [3.63, 3.8) is 0 Å². The molecule has 1 fully saturated rings. The molecule has 0 aromatic rings. The van der Waals surface area contributed by atoms with E-state index in [2.05, 4.69) is 42.4 Å². The normalized spacial score (nSPS) is 32.7. The number of hydrogen-bond acceptors (Lipinski definition) is 4. The highest BCUT2D eigenvalue weighted by Crippen LogP contribution is 2.54. The van der Waals surface area contributed by atoms with E-state index < -0.39 is 0 Å². The van der Waals surface area contributed by atoms with Crippen LogP contribution in [0.25, 0.3) is 0 Å². The first kappa shape index (κ1) is 10.5. The van der Waals surface area contributed by atoms with Crippen molar-refractivity contribution < 1.29 is 0 Å². The highest BCUT2D eigenvalue weighted by atomic mass is 33.2. The predicted molar refractivity (Wildman–Crippen MR) is 63.1 cm³/mol. The maximum atomic E-state index is 2.30. The van der Waals surface area contributed by atoms with Crippen molar-refractivity contribution in [2.24, 2.45) is 5.92 Å². The second-order valence-electron chi connectivity index (χ2n) is 3.01. The van der Waals surface area contributed by atoms with Gasteiger partial charge in [0.05, 0.1) is 9.16 Å². The van der Waals surface area contributed by atoms with Crippen molar-refractivity contribution in [1.29, 1.82) is 0 Å². The third-order valence-electron chi connectivity index (χ3n) is 1.26. The van der Waals surface area contributed by atoms with E-state index >= 15 is 0 Å². The fraction of sp³-hybridized carbons (Fsp3) is 1.00. The van der Waals surface area contributed by atoms with Gasteiger partial charge < -0.3 is 0 Å². The first-order valence-corrected chi connectivity index (χ1v) is 8.38. The first-order chi connectivity index (χ1) is 5.18. The van der Waals surface area contributed by atoms with Gasteiger partial charge in [-0.3, -0.25) is 0 Å². The minimum absolute atomic E-state index is 0.772. The maximum Gasteiger partial charge on any atom is 0.0712 e. The van der Waals surface area contributed by atoms with Gasteiger partial charge in [-0.15, -0.1) is 0 Å². The first-order valence-electron chi connectivity index (χ1n) is 3.82. The van der Waals surface area contributed by atoms with E-state index in [-0.39, 0.29) is 0 Å². The number of rotatable bonds is 2. The maximum absolute atomic E-state index is 2.30. The van der Waals surface area contributed by atoms with Crippen LogP contribution in [0.5, 0.6) is 0 Å². The second-order valence-corrected chi connectivity index (χ2v) is 9.24. The smallest absolute Gasteiger partial charge is 0.0712 e. The lowest BCUT2D eigenvalue weighted by Crippen LogP contribution is -2.04. The van der Waals surface area contributed by atoms with Gasteiger partial charge in [-0.1, -0.05) is 57.0 Å². The van der Waals surface area contributed by atoms with E-state index in [1.54, 1.807) is 0 Å². The van der Waals surface area contributed by atoms with E-state index in [0.29, 0.717) is 0 Å². The summed E-state index contributed by atoms with van der Waals surface area (Å²) in [5, 5.41) is 0. The average molecular weight is 226 g/mol. The molecule has 0 bridgehead atoms. The van der Waals surface area contributed by atoms with Gasteiger partial charge in [0.2, 0.25) is 0 Å². The molecule has 0 unspecified atom stereocenters. The highest BCUT2D eigenvalue weighted by Gasteiger charge is 2.21. The quantitative estimate of drug-likeness (QED) is 0.636. The Hall–Kier alpha value is 1.40. The highest BCUT2D eigenvalue weighted by molar-refractivity contribution is 8.93. The van der Waals surface area contributed by atoms with Crippen molar-refractivity contribution in [2.75, 3.05) is 0 Å². The largest absolute Gasteiger partial charge is 0.0779 e. The van der Waals surface area contributed by atoms with Crippen LogP contribution in [0, 0.1) is 5.92 Å². The summed E-state index contributed by atoms with van der Waals surface area (Å²) in [6.45, 7) is 6.88. The molecule has 0 aromatic carbocycles. The molecule has 4 heteroatoms. The molecular weight excluding hydrogens is 212 g/mol. The third-order valence-corrected chi connectivity index (χ3v) is 9.25. The van der Waals surface area contributed by atoms with Crippen LogP contribution in [0.15, 0.2) is 0 Å². The fourth-order valence-corrected chi connectivity index (χ4v) is 8.62. The zero-order valence-corrected chi connectivity index (χ0v) is 10.3. The summed E-state index contributed by atoms with van der Waals surface area (Å²) >= 11 is 0. The van der Waals surface area contributed by atoms with Crippen molar-refractivity contribution in [3.8, 4) is 0 Å². The molecule has 0 aromatic heterocycles. The van der Waals surface area contributed by atoms with E-state index in [1.807, 2.05) is 21.6 Å². The Morgan fingerprint density at radius 3 is 2.09 bits per heavy atom. The zero-order valence-electron chi connectivity index (χ0n) is 7.07. The van der Waals surface area contributed by atoms with Crippen molar-refractivity contribution in [3.05, 3.63) is 0 Å². The molecule has 0 amide bonds. The summed E-state index contributed by atoms with van der Waals surface area (Å²) in [7, 11) is 8.17. The van der Waals surface area contributed by atoms with Crippen LogP contribution in [0.3, 0.4) is 0 Å². The predicted octanol–water partition coefficient (Wildman–Crippen LogP) is 4.48. The van der Waals surface area contributed by atoms with E-state index in [4.69, 9.17) is 0 Å². The molecule has 0 spiro atoms. The standard InChI is InChI=1S/C7H14S4/c1-5(2)4-7-10-8-6(3)9-11-7/h5-7H,4H2,1-3H3. The molecule has 0 nitrogen and oxygen atoms in total. The lowest BCUT2D eigenvalue weighted by molar-refractivity contribution is 0.621. The second kappa shape index (κ2) is 5.20. The van der Waals surface area contributed by atoms with Crippen molar-refractivity contribution >= 4 is 43.2 Å². The monoisotopic (exact) mass is 226 g/mol. The van der Waals surface area contributed by atoms with Gasteiger partial charge >= 0.3 is 0 Å². The summed E-state index contributed by atoms with van der Waals surface area (Å²) in [6.07, 6.45) is 1.35. The fourth-order valence-electron chi connectivity index (χ4n) is 0.776. The topological polar surface area (TPSA) is 0 Å². The molecule has 1 aliphatic rings. The average Bonchev–Trinajstić information content (AvgIpc) is 1.93. The van der Waals surface area contributed by atoms with Gasteiger partial charge in [0.25, 0.3) is 0 Å². The van der Waals surface area contributed by atoms with Crippen LogP contribution in [0.4, 0.5) is 0 Å².